The molecule has 0 aliphatic carbocycles. The minimum Gasteiger partial charge on any atom is -0.216 e. The molecule has 104 valence electrons. The van der Waals surface area contributed by atoms with Crippen LogP contribution in [-0.4, -0.2) is 19.6 Å². The summed E-state index contributed by atoms with van der Waals surface area (Å²) in [5.74, 6) is 1.35. The van der Waals surface area contributed by atoms with Gasteiger partial charge in [-0.05, 0) is 37.6 Å². The van der Waals surface area contributed by atoms with Crippen molar-refractivity contribution in [2.75, 3.05) is 0 Å². The minimum atomic E-state index is 0.626. The molecule has 0 amide bonds. The Labute approximate surface area is 126 Å². The van der Waals surface area contributed by atoms with Crippen LogP contribution >= 0.6 is 11.8 Å². The number of fused-ring (bicyclic) bond motifs is 1. The van der Waals surface area contributed by atoms with Crippen LogP contribution < -0.4 is 0 Å². The van der Waals surface area contributed by atoms with Gasteiger partial charge in [-0.25, -0.2) is 9.50 Å². The van der Waals surface area contributed by atoms with Crippen LogP contribution in [0.2, 0.25) is 0 Å². The second kappa shape index (κ2) is 5.54. The summed E-state index contributed by atoms with van der Waals surface area (Å²) in [4.78, 5) is 8.80. The van der Waals surface area contributed by atoms with E-state index in [4.69, 9.17) is 5.26 Å². The maximum atomic E-state index is 8.91. The monoisotopic (exact) mass is 295 g/mol. The average Bonchev–Trinajstić information content (AvgIpc) is 2.88. The van der Waals surface area contributed by atoms with Crippen molar-refractivity contribution in [2.45, 2.75) is 24.8 Å². The molecule has 0 bridgehead atoms. The Kier molecular flexibility index (Phi) is 3.59. The molecule has 0 radical (unpaired) electrons. The van der Waals surface area contributed by atoms with E-state index < -0.39 is 0 Å². The highest BCUT2D eigenvalue weighted by Crippen LogP contribution is 2.20. The number of hydrogen-bond donors (Lipinski definition) is 0. The number of nitrogens with zero attached hydrogens (tertiary/aromatic N) is 5. The molecular formula is C15H13N5S. The summed E-state index contributed by atoms with van der Waals surface area (Å²) in [7, 11) is 0. The Morgan fingerprint density at radius 2 is 2.10 bits per heavy atom. The first-order valence-corrected chi connectivity index (χ1v) is 7.47. The Morgan fingerprint density at radius 3 is 2.90 bits per heavy atom. The third-order valence-corrected chi connectivity index (χ3v) is 3.93. The lowest BCUT2D eigenvalue weighted by atomic mass is 10.2. The van der Waals surface area contributed by atoms with E-state index in [1.165, 1.54) is 0 Å². The molecule has 3 rings (SSSR count). The smallest absolute Gasteiger partial charge is 0.216 e. The molecule has 0 saturated heterocycles. The van der Waals surface area contributed by atoms with Crippen molar-refractivity contribution in [3.05, 3.63) is 52.8 Å². The number of nitriles is 1. The lowest BCUT2D eigenvalue weighted by Gasteiger charge is -1.98. The predicted molar refractivity (Wildman–Crippen MR) is 81.0 cm³/mol. The highest BCUT2D eigenvalue weighted by molar-refractivity contribution is 7.98. The van der Waals surface area contributed by atoms with Crippen LogP contribution in [-0.2, 0) is 5.75 Å². The molecule has 0 spiro atoms. The van der Waals surface area contributed by atoms with E-state index in [1.807, 2.05) is 38.1 Å². The van der Waals surface area contributed by atoms with E-state index in [0.717, 1.165) is 22.7 Å². The molecule has 2 heterocycles. The van der Waals surface area contributed by atoms with E-state index in [-0.39, 0.29) is 0 Å². The summed E-state index contributed by atoms with van der Waals surface area (Å²) in [5, 5.41) is 14.1. The van der Waals surface area contributed by atoms with Gasteiger partial charge in [0, 0.05) is 17.1 Å². The highest BCUT2D eigenvalue weighted by atomic mass is 32.2. The van der Waals surface area contributed by atoms with Gasteiger partial charge in [-0.1, -0.05) is 23.9 Å². The zero-order valence-corrected chi connectivity index (χ0v) is 12.6. The number of benzene rings is 1. The van der Waals surface area contributed by atoms with Gasteiger partial charge in [0.15, 0.2) is 0 Å². The molecule has 0 atom stereocenters. The zero-order chi connectivity index (χ0) is 14.8. The summed E-state index contributed by atoms with van der Waals surface area (Å²) >= 11 is 1.54. The van der Waals surface area contributed by atoms with E-state index in [9.17, 15) is 0 Å². The largest absolute Gasteiger partial charge is 0.253 e. The summed E-state index contributed by atoms with van der Waals surface area (Å²) in [6.45, 7) is 3.93. The fourth-order valence-electron chi connectivity index (χ4n) is 2.09. The maximum Gasteiger partial charge on any atom is 0.253 e. The van der Waals surface area contributed by atoms with Crippen molar-refractivity contribution in [1.82, 2.24) is 19.6 Å². The molecule has 0 aliphatic heterocycles. The molecule has 1 aromatic carbocycles. The quantitative estimate of drug-likeness (QED) is 0.695. The number of aryl methyl sites for hydroxylation is 2. The van der Waals surface area contributed by atoms with E-state index in [0.29, 0.717) is 16.5 Å². The van der Waals surface area contributed by atoms with Crippen molar-refractivity contribution in [3.8, 4) is 6.07 Å². The standard InChI is InChI=1S/C15H13N5S/c1-10-6-11(2)20-14(17-10)18-15(19-20)21-9-13-5-3-4-12(7-13)8-16/h3-7H,9H2,1-2H3. The summed E-state index contributed by atoms with van der Waals surface area (Å²) < 4.78 is 1.75. The average molecular weight is 295 g/mol. The lowest BCUT2D eigenvalue weighted by molar-refractivity contribution is 0.843. The first kappa shape index (κ1) is 13.6. The van der Waals surface area contributed by atoms with Crippen LogP contribution in [0.5, 0.6) is 0 Å². The van der Waals surface area contributed by atoms with Crippen LogP contribution in [0.15, 0.2) is 35.5 Å². The Bertz CT molecular complexity index is 847. The Morgan fingerprint density at radius 1 is 1.24 bits per heavy atom. The molecule has 0 N–H and O–H groups in total. The van der Waals surface area contributed by atoms with Gasteiger partial charge in [0.1, 0.15) is 0 Å². The van der Waals surface area contributed by atoms with Gasteiger partial charge in [0.05, 0.1) is 11.6 Å². The summed E-state index contributed by atoms with van der Waals surface area (Å²) in [6.07, 6.45) is 0. The second-order valence-corrected chi connectivity index (χ2v) is 5.69. The predicted octanol–water partition coefficient (Wildman–Crippen LogP) is 2.91. The van der Waals surface area contributed by atoms with Gasteiger partial charge in [0.25, 0.3) is 5.78 Å². The molecule has 3 aromatic rings. The first-order chi connectivity index (χ1) is 10.2. The molecule has 21 heavy (non-hydrogen) atoms. The van der Waals surface area contributed by atoms with Gasteiger partial charge >= 0.3 is 0 Å². The van der Waals surface area contributed by atoms with Gasteiger partial charge in [0.2, 0.25) is 5.16 Å². The number of hydrogen-bond acceptors (Lipinski definition) is 5. The lowest BCUT2D eigenvalue weighted by Crippen LogP contribution is -1.97. The topological polar surface area (TPSA) is 66.9 Å². The van der Waals surface area contributed by atoms with Crippen molar-refractivity contribution < 1.29 is 0 Å². The number of aromatic nitrogens is 4. The van der Waals surface area contributed by atoms with Gasteiger partial charge in [-0.3, -0.25) is 0 Å². The first-order valence-electron chi connectivity index (χ1n) is 6.48. The van der Waals surface area contributed by atoms with Crippen molar-refractivity contribution in [2.24, 2.45) is 0 Å². The van der Waals surface area contributed by atoms with Crippen molar-refractivity contribution in [3.63, 3.8) is 0 Å². The zero-order valence-electron chi connectivity index (χ0n) is 11.7. The Balaban J connectivity index is 1.82. The molecule has 5 nitrogen and oxygen atoms in total. The molecular weight excluding hydrogens is 282 g/mol. The van der Waals surface area contributed by atoms with Crippen LogP contribution in [0, 0.1) is 25.2 Å². The maximum absolute atomic E-state index is 8.91. The fraction of sp³-hybridized carbons (Fsp3) is 0.200. The van der Waals surface area contributed by atoms with Crippen molar-refractivity contribution >= 4 is 17.5 Å². The van der Waals surface area contributed by atoms with Crippen LogP contribution in [0.3, 0.4) is 0 Å². The fourth-order valence-corrected chi connectivity index (χ4v) is 2.85. The number of thioether (sulfide) groups is 1. The molecule has 6 heteroatoms. The van der Waals surface area contributed by atoms with E-state index in [2.05, 4.69) is 21.1 Å². The van der Waals surface area contributed by atoms with E-state index >= 15 is 0 Å². The third kappa shape index (κ3) is 2.88. The third-order valence-electron chi connectivity index (χ3n) is 3.02. The van der Waals surface area contributed by atoms with Crippen molar-refractivity contribution in [1.29, 1.82) is 5.26 Å². The van der Waals surface area contributed by atoms with Crippen LogP contribution in [0.25, 0.3) is 5.78 Å². The minimum absolute atomic E-state index is 0.626. The van der Waals surface area contributed by atoms with Gasteiger partial charge in [-0.15, -0.1) is 5.10 Å². The molecule has 0 saturated carbocycles. The number of rotatable bonds is 3. The van der Waals surface area contributed by atoms with Crippen LogP contribution in [0.1, 0.15) is 22.5 Å². The van der Waals surface area contributed by atoms with E-state index in [1.54, 1.807) is 22.3 Å². The highest BCUT2D eigenvalue weighted by Gasteiger charge is 2.08. The summed E-state index contributed by atoms with van der Waals surface area (Å²) in [6, 6.07) is 11.7. The SMILES string of the molecule is Cc1cc(C)n2nc(SCc3cccc(C#N)c3)nc2n1. The molecule has 0 fully saturated rings. The van der Waals surface area contributed by atoms with Gasteiger partial charge in [-0.2, -0.15) is 10.2 Å². The Hall–Kier alpha value is -2.39. The summed E-state index contributed by atoms with van der Waals surface area (Å²) in [5.41, 5.74) is 3.71. The molecule has 2 aromatic heterocycles. The second-order valence-electron chi connectivity index (χ2n) is 4.75. The van der Waals surface area contributed by atoms with Crippen LogP contribution in [0.4, 0.5) is 0 Å². The van der Waals surface area contributed by atoms with Gasteiger partial charge < -0.3 is 0 Å². The normalized spacial score (nSPS) is 10.7. The molecule has 0 unspecified atom stereocenters. The molecule has 0 aliphatic rings.